The van der Waals surface area contributed by atoms with Crippen molar-refractivity contribution in [1.82, 2.24) is 25.0 Å². The Morgan fingerprint density at radius 2 is 2.00 bits per heavy atom. The third kappa shape index (κ3) is 4.68. The fourth-order valence-electron chi connectivity index (χ4n) is 3.29. The lowest BCUT2D eigenvalue weighted by Crippen LogP contribution is -2.48. The summed E-state index contributed by atoms with van der Waals surface area (Å²) in [6, 6.07) is 2.12. The molecule has 0 radical (unpaired) electrons. The van der Waals surface area contributed by atoms with Crippen LogP contribution in [0.3, 0.4) is 0 Å². The van der Waals surface area contributed by atoms with Crippen molar-refractivity contribution in [2.45, 2.75) is 25.9 Å². The number of nitrogens with one attached hydrogen (secondary N) is 1. The summed E-state index contributed by atoms with van der Waals surface area (Å²) in [5.74, 6) is 0.234. The van der Waals surface area contributed by atoms with Gasteiger partial charge in [-0.1, -0.05) is 0 Å². The van der Waals surface area contributed by atoms with E-state index >= 15 is 0 Å². The van der Waals surface area contributed by atoms with Crippen LogP contribution in [0.4, 0.5) is 5.13 Å². The molecule has 1 amide bonds. The highest BCUT2D eigenvalue weighted by atomic mass is 35.5. The number of carbonyl (C=O) groups excluding carboxylic acids is 1. The number of aromatic nitrogens is 3. The lowest BCUT2D eigenvalue weighted by Gasteiger charge is -2.34. The zero-order valence-electron chi connectivity index (χ0n) is 14.5. The molecule has 1 N–H and O–H groups in total. The van der Waals surface area contributed by atoms with Crippen LogP contribution in [0, 0.1) is 0 Å². The number of hydrogen-bond acceptors (Lipinski definition) is 6. The number of anilines is 1. The lowest BCUT2D eigenvalue weighted by atomic mass is 10.2. The Balaban J connectivity index is 0.00000121. The van der Waals surface area contributed by atoms with Crippen LogP contribution in [-0.2, 0) is 24.3 Å². The van der Waals surface area contributed by atoms with E-state index in [1.807, 2.05) is 16.5 Å². The number of piperazine rings is 1. The zero-order chi connectivity index (χ0) is 16.4. The Kier molecular flexibility index (Phi) is 7.69. The molecule has 1 saturated heterocycles. The van der Waals surface area contributed by atoms with E-state index in [0.29, 0.717) is 6.42 Å². The van der Waals surface area contributed by atoms with E-state index < -0.39 is 0 Å². The van der Waals surface area contributed by atoms with Gasteiger partial charge in [-0.3, -0.25) is 9.48 Å². The molecule has 0 aromatic carbocycles. The number of fused-ring (bicyclic) bond motifs is 1. The average molecular weight is 419 g/mol. The number of halogens is 2. The molecule has 0 aliphatic carbocycles. The van der Waals surface area contributed by atoms with E-state index in [2.05, 4.69) is 31.0 Å². The van der Waals surface area contributed by atoms with Crippen molar-refractivity contribution in [3.05, 3.63) is 29.0 Å². The SMILES string of the molecule is Cl.Cl.O=C(CCc1cc2n(n1)CCNC2)N1CCN(c2nccs2)CC1. The minimum Gasteiger partial charge on any atom is -0.345 e. The van der Waals surface area contributed by atoms with Crippen molar-refractivity contribution < 1.29 is 4.79 Å². The topological polar surface area (TPSA) is 66.3 Å². The average Bonchev–Trinajstić information content (AvgIpc) is 3.29. The fourth-order valence-corrected chi connectivity index (χ4v) is 3.98. The van der Waals surface area contributed by atoms with Crippen LogP contribution in [0.25, 0.3) is 0 Å². The van der Waals surface area contributed by atoms with E-state index in [1.165, 1.54) is 5.69 Å². The molecule has 2 aromatic heterocycles. The minimum atomic E-state index is 0. The first kappa shape index (κ1) is 21.0. The van der Waals surface area contributed by atoms with Crippen molar-refractivity contribution in [3.63, 3.8) is 0 Å². The highest BCUT2D eigenvalue weighted by Gasteiger charge is 2.22. The maximum atomic E-state index is 12.5. The van der Waals surface area contributed by atoms with Crippen LogP contribution < -0.4 is 10.2 Å². The summed E-state index contributed by atoms with van der Waals surface area (Å²) >= 11 is 1.66. The largest absolute Gasteiger partial charge is 0.345 e. The maximum Gasteiger partial charge on any atom is 0.223 e. The van der Waals surface area contributed by atoms with Gasteiger partial charge in [0.25, 0.3) is 0 Å². The first-order valence-electron chi connectivity index (χ1n) is 8.48. The number of nitrogens with zero attached hydrogens (tertiary/aromatic N) is 5. The second-order valence-electron chi connectivity index (χ2n) is 6.21. The molecule has 7 nitrogen and oxygen atoms in total. The van der Waals surface area contributed by atoms with Crippen molar-refractivity contribution in [3.8, 4) is 0 Å². The van der Waals surface area contributed by atoms with Gasteiger partial charge < -0.3 is 15.1 Å². The molecule has 4 rings (SSSR count). The molecular formula is C16H24Cl2N6OS. The predicted octanol–water partition coefficient (Wildman–Crippen LogP) is 1.57. The van der Waals surface area contributed by atoms with Crippen LogP contribution in [0.15, 0.2) is 17.6 Å². The second-order valence-corrected chi connectivity index (χ2v) is 7.08. The normalized spacial score (nSPS) is 16.5. The number of amides is 1. The summed E-state index contributed by atoms with van der Waals surface area (Å²) in [7, 11) is 0. The molecular weight excluding hydrogens is 395 g/mol. The summed E-state index contributed by atoms with van der Waals surface area (Å²) in [5.41, 5.74) is 2.25. The first-order chi connectivity index (χ1) is 11.8. The number of carbonyl (C=O) groups is 1. The third-order valence-electron chi connectivity index (χ3n) is 4.64. The van der Waals surface area contributed by atoms with Gasteiger partial charge >= 0.3 is 0 Å². The Morgan fingerprint density at radius 1 is 1.19 bits per heavy atom. The Bertz CT molecular complexity index is 676. The maximum absolute atomic E-state index is 12.5. The Morgan fingerprint density at radius 3 is 2.69 bits per heavy atom. The fraction of sp³-hybridized carbons (Fsp3) is 0.562. The van der Waals surface area contributed by atoms with Crippen LogP contribution in [-0.4, -0.2) is 58.3 Å². The molecule has 0 atom stereocenters. The van der Waals surface area contributed by atoms with Crippen molar-refractivity contribution >= 4 is 47.2 Å². The summed E-state index contributed by atoms with van der Waals surface area (Å²) in [6.07, 6.45) is 3.10. The minimum absolute atomic E-state index is 0. The Hall–Kier alpha value is -1.35. The van der Waals surface area contributed by atoms with Gasteiger partial charge in [-0.25, -0.2) is 4.98 Å². The highest BCUT2D eigenvalue weighted by molar-refractivity contribution is 7.13. The summed E-state index contributed by atoms with van der Waals surface area (Å²) in [4.78, 5) is 21.0. The van der Waals surface area contributed by atoms with Crippen LogP contribution in [0.5, 0.6) is 0 Å². The molecule has 2 aromatic rings. The molecule has 2 aliphatic rings. The van der Waals surface area contributed by atoms with E-state index in [4.69, 9.17) is 0 Å². The van der Waals surface area contributed by atoms with Gasteiger partial charge in [0.2, 0.25) is 5.91 Å². The lowest BCUT2D eigenvalue weighted by molar-refractivity contribution is -0.131. The van der Waals surface area contributed by atoms with E-state index in [9.17, 15) is 4.79 Å². The van der Waals surface area contributed by atoms with Crippen LogP contribution in [0.1, 0.15) is 17.8 Å². The number of thiazole rings is 1. The highest BCUT2D eigenvalue weighted by Crippen LogP contribution is 2.19. The molecule has 144 valence electrons. The zero-order valence-corrected chi connectivity index (χ0v) is 16.9. The van der Waals surface area contributed by atoms with Crippen molar-refractivity contribution in [1.29, 1.82) is 0 Å². The molecule has 0 spiro atoms. The summed E-state index contributed by atoms with van der Waals surface area (Å²) < 4.78 is 2.06. The van der Waals surface area contributed by atoms with E-state index in [1.54, 1.807) is 11.3 Å². The number of rotatable bonds is 4. The molecule has 0 saturated carbocycles. The molecule has 1 fully saturated rings. The summed E-state index contributed by atoms with van der Waals surface area (Å²) in [6.45, 7) is 6.05. The molecule has 10 heteroatoms. The smallest absolute Gasteiger partial charge is 0.223 e. The molecule has 2 aliphatic heterocycles. The van der Waals surface area contributed by atoms with Crippen LogP contribution >= 0.6 is 36.2 Å². The number of aryl methyl sites for hydroxylation is 1. The van der Waals surface area contributed by atoms with E-state index in [0.717, 1.165) is 63.1 Å². The van der Waals surface area contributed by atoms with Crippen molar-refractivity contribution in [2.75, 3.05) is 37.6 Å². The third-order valence-corrected chi connectivity index (χ3v) is 5.47. The van der Waals surface area contributed by atoms with E-state index in [-0.39, 0.29) is 30.7 Å². The first-order valence-corrected chi connectivity index (χ1v) is 9.36. The molecule has 0 unspecified atom stereocenters. The number of hydrogen-bond donors (Lipinski definition) is 1. The Labute approximate surface area is 169 Å². The second kappa shape index (κ2) is 9.55. The quantitative estimate of drug-likeness (QED) is 0.815. The van der Waals surface area contributed by atoms with Gasteiger partial charge in [-0.15, -0.1) is 36.2 Å². The summed E-state index contributed by atoms with van der Waals surface area (Å²) in [5, 5.41) is 11.0. The molecule has 0 bridgehead atoms. The van der Waals surface area contributed by atoms with Gasteiger partial charge in [0.05, 0.1) is 17.9 Å². The van der Waals surface area contributed by atoms with Crippen LogP contribution in [0.2, 0.25) is 0 Å². The molecule has 4 heterocycles. The van der Waals surface area contributed by atoms with Gasteiger partial charge in [-0.05, 0) is 6.07 Å². The predicted molar refractivity (Wildman–Crippen MR) is 108 cm³/mol. The van der Waals surface area contributed by atoms with Gasteiger partial charge in [0.15, 0.2) is 5.13 Å². The van der Waals surface area contributed by atoms with Gasteiger partial charge in [0, 0.05) is 63.7 Å². The molecule has 26 heavy (non-hydrogen) atoms. The monoisotopic (exact) mass is 418 g/mol. The standard InChI is InChI=1S/C16H22N6OS.2ClH/c23-15(2-1-13-11-14-12-17-3-5-22(14)19-13)20-6-8-21(9-7-20)16-18-4-10-24-16;;/h4,10-11,17H,1-3,5-9,12H2;2*1H. The van der Waals surface area contributed by atoms with Gasteiger partial charge in [-0.2, -0.15) is 5.10 Å². The van der Waals surface area contributed by atoms with Gasteiger partial charge in [0.1, 0.15) is 0 Å². The van der Waals surface area contributed by atoms with Crippen molar-refractivity contribution in [2.24, 2.45) is 0 Å².